The Morgan fingerprint density at radius 2 is 1.02 bits per heavy atom. The molecule has 0 heterocycles. The first kappa shape index (κ1) is 20.0. The summed E-state index contributed by atoms with van der Waals surface area (Å²) >= 11 is 7.13. The SMILES string of the molecule is [2H]c1c([2H])c([2H])c2c(c1[2H])-c1ccccc1C21c2ccccc2-c2c(-c3ccccc3-c3ccc4ccccc4c3Cl)cccc21. The fourth-order valence-electron chi connectivity index (χ4n) is 7.47. The highest BCUT2D eigenvalue weighted by Crippen LogP contribution is 2.64. The van der Waals surface area contributed by atoms with Crippen LogP contribution in [0.1, 0.15) is 27.7 Å². The van der Waals surface area contributed by atoms with E-state index >= 15 is 0 Å². The summed E-state index contributed by atoms with van der Waals surface area (Å²) in [6.07, 6.45) is 0. The van der Waals surface area contributed by atoms with Crippen molar-refractivity contribution in [1.29, 1.82) is 0 Å². The van der Waals surface area contributed by atoms with Crippen molar-refractivity contribution >= 4 is 22.4 Å². The van der Waals surface area contributed by atoms with E-state index in [1.54, 1.807) is 0 Å². The van der Waals surface area contributed by atoms with E-state index in [1.165, 1.54) is 0 Å². The zero-order chi connectivity index (χ0) is 31.3. The van der Waals surface area contributed by atoms with Crippen LogP contribution >= 0.6 is 11.6 Å². The second-order valence-corrected chi connectivity index (χ2v) is 11.4. The van der Waals surface area contributed by atoms with Gasteiger partial charge in [0.15, 0.2) is 0 Å². The van der Waals surface area contributed by atoms with Crippen LogP contribution in [0.3, 0.4) is 0 Å². The molecule has 1 heteroatoms. The highest BCUT2D eigenvalue weighted by atomic mass is 35.5. The molecule has 0 bridgehead atoms. The van der Waals surface area contributed by atoms with Crippen molar-refractivity contribution in [2.24, 2.45) is 0 Å². The van der Waals surface area contributed by atoms with Crippen molar-refractivity contribution in [3.05, 3.63) is 179 Å². The standard InChI is InChI=1S/C41H25Cl/c42-40-27-13-2-1-12-26(27)24-25-33(40)29-15-4-3-14-28(29)32-19-11-23-38-39(32)34-18-7-10-22-37(34)41(38)35-20-8-5-16-30(35)31-17-6-9-21-36(31)41/h1-25H/i5D,8D,16D,20D. The fraction of sp³-hybridized carbons (Fsp3) is 0.0244. The Morgan fingerprint density at radius 3 is 1.86 bits per heavy atom. The molecule has 0 nitrogen and oxygen atoms in total. The molecule has 1 spiro atoms. The lowest BCUT2D eigenvalue weighted by Crippen LogP contribution is -2.25. The van der Waals surface area contributed by atoms with Gasteiger partial charge in [-0.2, -0.15) is 0 Å². The van der Waals surface area contributed by atoms with E-state index in [-0.39, 0.29) is 24.2 Å². The third-order valence-corrected chi connectivity index (χ3v) is 9.51. The van der Waals surface area contributed by atoms with E-state index in [1.807, 2.05) is 48.5 Å². The van der Waals surface area contributed by atoms with Gasteiger partial charge in [-0.05, 0) is 66.6 Å². The van der Waals surface area contributed by atoms with Gasteiger partial charge >= 0.3 is 0 Å². The van der Waals surface area contributed by atoms with Crippen molar-refractivity contribution in [2.45, 2.75) is 5.41 Å². The minimum Gasteiger partial charge on any atom is -0.0830 e. The van der Waals surface area contributed by atoms with E-state index in [0.717, 1.165) is 66.4 Å². The molecule has 2 aliphatic carbocycles. The molecule has 9 rings (SSSR count). The number of benzene rings is 7. The highest BCUT2D eigenvalue weighted by Gasteiger charge is 2.51. The van der Waals surface area contributed by atoms with E-state index in [0.29, 0.717) is 16.1 Å². The summed E-state index contributed by atoms with van der Waals surface area (Å²) < 4.78 is 35.6. The van der Waals surface area contributed by atoms with Crippen LogP contribution in [0.2, 0.25) is 5.02 Å². The van der Waals surface area contributed by atoms with Crippen LogP contribution in [-0.2, 0) is 5.41 Å². The van der Waals surface area contributed by atoms with Crippen LogP contribution in [0, 0.1) is 0 Å². The molecule has 7 aromatic carbocycles. The van der Waals surface area contributed by atoms with Gasteiger partial charge in [0.05, 0.1) is 15.9 Å². The molecular weight excluding hydrogens is 528 g/mol. The minimum atomic E-state index is -0.903. The summed E-state index contributed by atoms with van der Waals surface area (Å²) in [7, 11) is 0. The maximum absolute atomic E-state index is 9.31. The molecule has 196 valence electrons. The lowest BCUT2D eigenvalue weighted by molar-refractivity contribution is 0.794. The number of hydrogen-bond donors (Lipinski definition) is 0. The maximum Gasteiger partial charge on any atom is 0.0725 e. The summed E-state index contributed by atoms with van der Waals surface area (Å²) in [6, 6.07) is 43.1. The maximum atomic E-state index is 9.31. The van der Waals surface area contributed by atoms with Crippen molar-refractivity contribution < 1.29 is 5.48 Å². The number of rotatable bonds is 2. The summed E-state index contributed by atoms with van der Waals surface area (Å²) in [5.74, 6) is 0. The van der Waals surface area contributed by atoms with E-state index in [9.17, 15) is 1.37 Å². The molecule has 1 unspecified atom stereocenters. The van der Waals surface area contributed by atoms with Gasteiger partial charge in [0.1, 0.15) is 0 Å². The lowest BCUT2D eigenvalue weighted by atomic mass is 9.70. The molecule has 0 saturated heterocycles. The zero-order valence-electron chi connectivity index (χ0n) is 26.5. The van der Waals surface area contributed by atoms with Crippen molar-refractivity contribution in [1.82, 2.24) is 0 Å². The quantitative estimate of drug-likeness (QED) is 0.198. The first-order valence-electron chi connectivity index (χ1n) is 16.2. The Labute approximate surface area is 256 Å². The topological polar surface area (TPSA) is 0 Å². The Hall–Kier alpha value is -4.91. The van der Waals surface area contributed by atoms with Crippen LogP contribution in [0.15, 0.2) is 152 Å². The Kier molecular flexibility index (Phi) is 4.20. The molecule has 42 heavy (non-hydrogen) atoms. The molecule has 0 saturated carbocycles. The molecule has 0 radical (unpaired) electrons. The Bertz CT molecular complexity index is 2450. The molecule has 0 amide bonds. The third-order valence-electron chi connectivity index (χ3n) is 9.10. The second kappa shape index (κ2) is 8.79. The summed E-state index contributed by atoms with van der Waals surface area (Å²) in [4.78, 5) is 0. The molecule has 1 atom stereocenters. The van der Waals surface area contributed by atoms with Crippen molar-refractivity contribution in [2.75, 3.05) is 0 Å². The van der Waals surface area contributed by atoms with Crippen LogP contribution in [0.5, 0.6) is 0 Å². The van der Waals surface area contributed by atoms with Crippen LogP contribution in [0.25, 0.3) is 55.3 Å². The van der Waals surface area contributed by atoms with E-state index < -0.39 is 5.41 Å². The average molecular weight is 557 g/mol. The van der Waals surface area contributed by atoms with E-state index in [4.69, 9.17) is 15.7 Å². The third kappa shape index (κ3) is 2.97. The average Bonchev–Trinajstić information content (AvgIpc) is 3.58. The number of halogens is 1. The normalized spacial score (nSPS) is 17.2. The van der Waals surface area contributed by atoms with Gasteiger partial charge in [-0.25, -0.2) is 0 Å². The molecular formula is C41H25Cl. The molecule has 2 aliphatic rings. The van der Waals surface area contributed by atoms with Gasteiger partial charge in [-0.1, -0.05) is 163 Å². The fourth-order valence-corrected chi connectivity index (χ4v) is 7.80. The Morgan fingerprint density at radius 1 is 0.429 bits per heavy atom. The van der Waals surface area contributed by atoms with Gasteiger partial charge in [0.2, 0.25) is 0 Å². The van der Waals surface area contributed by atoms with Gasteiger partial charge < -0.3 is 0 Å². The predicted molar refractivity (Wildman–Crippen MR) is 176 cm³/mol. The first-order valence-corrected chi connectivity index (χ1v) is 14.5. The largest absolute Gasteiger partial charge is 0.0830 e. The second-order valence-electron chi connectivity index (χ2n) is 11.0. The molecule has 0 fully saturated rings. The molecule has 0 aromatic heterocycles. The lowest BCUT2D eigenvalue weighted by Gasteiger charge is -2.30. The van der Waals surface area contributed by atoms with Gasteiger partial charge in [-0.3, -0.25) is 0 Å². The monoisotopic (exact) mass is 556 g/mol. The Balaban J connectivity index is 1.40. The molecule has 7 aromatic rings. The summed E-state index contributed by atoms with van der Waals surface area (Å²) in [5.41, 5.74) is 10.4. The zero-order valence-corrected chi connectivity index (χ0v) is 23.3. The van der Waals surface area contributed by atoms with Crippen molar-refractivity contribution in [3.63, 3.8) is 0 Å². The van der Waals surface area contributed by atoms with Crippen LogP contribution in [0.4, 0.5) is 0 Å². The summed E-state index contributed by atoms with van der Waals surface area (Å²) in [6.45, 7) is 0. The van der Waals surface area contributed by atoms with E-state index in [2.05, 4.69) is 78.9 Å². The van der Waals surface area contributed by atoms with Crippen LogP contribution < -0.4 is 0 Å². The van der Waals surface area contributed by atoms with Crippen molar-refractivity contribution in [3.8, 4) is 44.5 Å². The minimum absolute atomic E-state index is 0.00120. The first-order chi connectivity index (χ1) is 22.4. The van der Waals surface area contributed by atoms with Gasteiger partial charge in [0.25, 0.3) is 0 Å². The van der Waals surface area contributed by atoms with Gasteiger partial charge in [0, 0.05) is 10.9 Å². The van der Waals surface area contributed by atoms with Crippen LogP contribution in [-0.4, -0.2) is 0 Å². The number of hydrogen-bond acceptors (Lipinski definition) is 0. The smallest absolute Gasteiger partial charge is 0.0725 e. The number of fused-ring (bicyclic) bond motifs is 11. The molecule has 0 aliphatic heterocycles. The highest BCUT2D eigenvalue weighted by molar-refractivity contribution is 6.38. The predicted octanol–water partition coefficient (Wildman–Crippen LogP) is 11.2. The summed E-state index contributed by atoms with van der Waals surface area (Å²) in [5, 5.41) is 2.81. The van der Waals surface area contributed by atoms with Gasteiger partial charge in [-0.15, -0.1) is 0 Å². The molecule has 0 N–H and O–H groups in total.